The van der Waals surface area contributed by atoms with Crippen molar-refractivity contribution in [3.8, 4) is 16.9 Å². The van der Waals surface area contributed by atoms with Crippen LogP contribution in [-0.2, 0) is 21.3 Å². The number of hydrogen-bond acceptors (Lipinski definition) is 3. The van der Waals surface area contributed by atoms with Gasteiger partial charge in [-0.05, 0) is 42.5 Å². The van der Waals surface area contributed by atoms with E-state index in [1.165, 1.54) is 28.9 Å². The number of benzene rings is 2. The van der Waals surface area contributed by atoms with Crippen molar-refractivity contribution in [2.75, 3.05) is 6.26 Å². The monoisotopic (exact) mass is 458 g/mol. The average Bonchev–Trinajstić information content (AvgIpc) is 3.05. The van der Waals surface area contributed by atoms with Gasteiger partial charge in [-0.15, -0.1) is 0 Å². The first-order valence-corrected chi connectivity index (χ1v) is 10.7. The molecule has 0 radical (unpaired) electrons. The van der Waals surface area contributed by atoms with Crippen molar-refractivity contribution in [1.29, 1.82) is 0 Å². The molecular formula is C18H14BrF3N2O2S. The summed E-state index contributed by atoms with van der Waals surface area (Å²) in [5.41, 5.74) is 1.76. The molecule has 0 unspecified atom stereocenters. The topological polar surface area (TPSA) is 52.0 Å². The number of sulfone groups is 1. The summed E-state index contributed by atoms with van der Waals surface area (Å²) in [6.45, 7) is 0. The number of rotatable bonds is 4. The first kappa shape index (κ1) is 19.6. The van der Waals surface area contributed by atoms with Gasteiger partial charge >= 0.3 is 6.18 Å². The Kier molecular flexibility index (Phi) is 5.18. The highest BCUT2D eigenvalue weighted by atomic mass is 79.9. The Morgan fingerprint density at radius 1 is 1.04 bits per heavy atom. The van der Waals surface area contributed by atoms with E-state index in [4.69, 9.17) is 0 Å². The summed E-state index contributed by atoms with van der Waals surface area (Å²) in [7, 11) is -3.32. The summed E-state index contributed by atoms with van der Waals surface area (Å²) in [6.07, 6.45) is -3.29. The quantitative estimate of drug-likeness (QED) is 0.524. The van der Waals surface area contributed by atoms with E-state index in [0.29, 0.717) is 28.0 Å². The van der Waals surface area contributed by atoms with E-state index in [1.54, 1.807) is 18.2 Å². The van der Waals surface area contributed by atoms with Crippen LogP contribution in [0.15, 0.2) is 59.5 Å². The minimum atomic E-state index is -4.41. The molecule has 27 heavy (non-hydrogen) atoms. The first-order valence-electron chi connectivity index (χ1n) is 7.72. The molecule has 0 N–H and O–H groups in total. The third kappa shape index (κ3) is 4.24. The van der Waals surface area contributed by atoms with Gasteiger partial charge in [0.25, 0.3) is 0 Å². The highest BCUT2D eigenvalue weighted by Gasteiger charge is 2.30. The number of hydrogen-bond donors (Lipinski definition) is 0. The highest BCUT2D eigenvalue weighted by molar-refractivity contribution is 9.08. The predicted octanol–water partition coefficient (Wildman–Crippen LogP) is 4.86. The molecule has 0 saturated heterocycles. The molecule has 4 nitrogen and oxygen atoms in total. The lowest BCUT2D eigenvalue weighted by Gasteiger charge is -2.10. The van der Waals surface area contributed by atoms with Crippen LogP contribution in [0.5, 0.6) is 0 Å². The Balaban J connectivity index is 2.06. The second-order valence-corrected chi connectivity index (χ2v) is 8.48. The minimum absolute atomic E-state index is 0.188. The fourth-order valence-corrected chi connectivity index (χ4v) is 3.47. The van der Waals surface area contributed by atoms with Crippen LogP contribution in [0.3, 0.4) is 0 Å². The Morgan fingerprint density at radius 2 is 1.63 bits per heavy atom. The molecule has 9 heteroatoms. The van der Waals surface area contributed by atoms with Crippen molar-refractivity contribution in [2.45, 2.75) is 16.4 Å². The van der Waals surface area contributed by atoms with Gasteiger partial charge in [0.1, 0.15) is 0 Å². The van der Waals surface area contributed by atoms with E-state index in [-0.39, 0.29) is 4.90 Å². The van der Waals surface area contributed by atoms with Crippen molar-refractivity contribution in [2.24, 2.45) is 0 Å². The van der Waals surface area contributed by atoms with Crippen LogP contribution >= 0.6 is 15.9 Å². The van der Waals surface area contributed by atoms with Gasteiger partial charge in [0.2, 0.25) is 0 Å². The molecule has 0 spiro atoms. The molecule has 0 aliphatic heterocycles. The summed E-state index contributed by atoms with van der Waals surface area (Å²) < 4.78 is 63.1. The molecule has 1 aromatic heterocycles. The second kappa shape index (κ2) is 7.12. The van der Waals surface area contributed by atoms with Crippen LogP contribution in [0.2, 0.25) is 0 Å². The van der Waals surface area contributed by atoms with E-state index in [2.05, 4.69) is 21.0 Å². The van der Waals surface area contributed by atoms with Crippen LogP contribution < -0.4 is 0 Å². The van der Waals surface area contributed by atoms with Gasteiger partial charge in [0.05, 0.1) is 27.5 Å². The van der Waals surface area contributed by atoms with Gasteiger partial charge in [-0.2, -0.15) is 18.3 Å². The van der Waals surface area contributed by atoms with Crippen molar-refractivity contribution >= 4 is 25.8 Å². The summed E-state index contributed by atoms with van der Waals surface area (Å²) >= 11 is 3.32. The maximum atomic E-state index is 12.8. The largest absolute Gasteiger partial charge is 0.416 e. The Morgan fingerprint density at radius 3 is 2.11 bits per heavy atom. The lowest BCUT2D eigenvalue weighted by atomic mass is 10.1. The number of halogens is 4. The molecule has 1 heterocycles. The molecule has 0 aliphatic carbocycles. The zero-order chi connectivity index (χ0) is 19.8. The van der Waals surface area contributed by atoms with Gasteiger partial charge in [0, 0.05) is 17.1 Å². The average molecular weight is 459 g/mol. The molecule has 0 aliphatic rings. The maximum absolute atomic E-state index is 12.8. The molecule has 142 valence electrons. The molecule has 0 fully saturated rings. The Labute approximate surface area is 162 Å². The van der Waals surface area contributed by atoms with Gasteiger partial charge in [-0.1, -0.05) is 28.1 Å². The first-order chi connectivity index (χ1) is 12.6. The third-order valence-electron chi connectivity index (χ3n) is 3.91. The SMILES string of the molecule is CS(=O)(=O)c1ccc(-c2cc(CBr)nn2-c2ccc(C(F)(F)F)cc2)cc1. The van der Waals surface area contributed by atoms with E-state index in [0.717, 1.165) is 18.4 Å². The standard InChI is InChI=1S/C18H14BrF3N2O2S/c1-27(25,26)16-8-2-12(3-9-16)17-10-14(11-19)23-24(17)15-6-4-13(5-7-15)18(20,21)22/h2-10H,11H2,1H3. The summed E-state index contributed by atoms with van der Waals surface area (Å²) in [5.74, 6) is 0. The van der Waals surface area contributed by atoms with Crippen molar-refractivity contribution in [3.05, 3.63) is 65.9 Å². The van der Waals surface area contributed by atoms with Crippen LogP contribution in [0, 0.1) is 0 Å². The normalized spacial score (nSPS) is 12.3. The smallest absolute Gasteiger partial charge is 0.233 e. The lowest BCUT2D eigenvalue weighted by molar-refractivity contribution is -0.137. The second-order valence-electron chi connectivity index (χ2n) is 5.91. The highest BCUT2D eigenvalue weighted by Crippen LogP contribution is 2.31. The molecular weight excluding hydrogens is 445 g/mol. The Bertz CT molecular complexity index is 1060. The third-order valence-corrected chi connectivity index (χ3v) is 5.62. The summed E-state index contributed by atoms with van der Waals surface area (Å²) in [6, 6.07) is 12.8. The van der Waals surface area contributed by atoms with Gasteiger partial charge in [-0.3, -0.25) is 0 Å². The van der Waals surface area contributed by atoms with E-state index in [9.17, 15) is 21.6 Å². The van der Waals surface area contributed by atoms with Gasteiger partial charge in [-0.25, -0.2) is 13.1 Å². The van der Waals surface area contributed by atoms with Gasteiger partial charge < -0.3 is 0 Å². The zero-order valence-corrected chi connectivity index (χ0v) is 16.4. The van der Waals surface area contributed by atoms with Crippen LogP contribution in [-0.4, -0.2) is 24.5 Å². The van der Waals surface area contributed by atoms with Crippen molar-refractivity contribution in [1.82, 2.24) is 9.78 Å². The molecule has 3 rings (SSSR count). The summed E-state index contributed by atoms with van der Waals surface area (Å²) in [5, 5.41) is 4.88. The molecule has 0 atom stereocenters. The molecule has 2 aromatic carbocycles. The Hall–Kier alpha value is -2.13. The molecule has 0 saturated carbocycles. The number of nitrogens with zero attached hydrogens (tertiary/aromatic N) is 2. The van der Waals surface area contributed by atoms with Crippen LogP contribution in [0.1, 0.15) is 11.3 Å². The summed E-state index contributed by atoms with van der Waals surface area (Å²) in [4.78, 5) is 0.188. The van der Waals surface area contributed by atoms with E-state index < -0.39 is 21.6 Å². The van der Waals surface area contributed by atoms with Crippen molar-refractivity contribution < 1.29 is 21.6 Å². The maximum Gasteiger partial charge on any atom is 0.416 e. The van der Waals surface area contributed by atoms with Crippen LogP contribution in [0.4, 0.5) is 13.2 Å². The number of alkyl halides is 4. The molecule has 0 bridgehead atoms. The minimum Gasteiger partial charge on any atom is -0.233 e. The molecule has 3 aromatic rings. The predicted molar refractivity (Wildman–Crippen MR) is 99.7 cm³/mol. The zero-order valence-electron chi connectivity index (χ0n) is 14.0. The fraction of sp³-hybridized carbons (Fsp3) is 0.167. The van der Waals surface area contributed by atoms with E-state index >= 15 is 0 Å². The van der Waals surface area contributed by atoms with Gasteiger partial charge in [0.15, 0.2) is 9.84 Å². The fourth-order valence-electron chi connectivity index (χ4n) is 2.56. The lowest BCUT2D eigenvalue weighted by Crippen LogP contribution is -2.06. The van der Waals surface area contributed by atoms with E-state index in [1.807, 2.05) is 0 Å². The molecule has 0 amide bonds. The van der Waals surface area contributed by atoms with Crippen molar-refractivity contribution in [3.63, 3.8) is 0 Å². The van der Waals surface area contributed by atoms with Crippen LogP contribution in [0.25, 0.3) is 16.9 Å². The number of aromatic nitrogens is 2.